The molecule has 0 aliphatic heterocycles. The highest BCUT2D eigenvalue weighted by Crippen LogP contribution is 2.10. The lowest BCUT2D eigenvalue weighted by atomic mass is 10.1. The van der Waals surface area contributed by atoms with E-state index in [1.807, 2.05) is 36.5 Å². The fourth-order valence-corrected chi connectivity index (χ4v) is 2.33. The van der Waals surface area contributed by atoms with E-state index in [-0.39, 0.29) is 24.0 Å². The maximum atomic E-state index is 9.28. The summed E-state index contributed by atoms with van der Waals surface area (Å²) in [4.78, 5) is 8.92. The molecule has 2 aromatic rings. The molecule has 3 N–H and O–H groups in total. The maximum absolute atomic E-state index is 9.28. The van der Waals surface area contributed by atoms with Gasteiger partial charge in [-0.3, -0.25) is 9.98 Å². The predicted octanol–water partition coefficient (Wildman–Crippen LogP) is 3.14. The van der Waals surface area contributed by atoms with Gasteiger partial charge in [0, 0.05) is 37.9 Å². The van der Waals surface area contributed by atoms with E-state index in [4.69, 9.17) is 0 Å². The van der Waals surface area contributed by atoms with Crippen LogP contribution in [0.2, 0.25) is 0 Å². The van der Waals surface area contributed by atoms with E-state index in [9.17, 15) is 5.11 Å². The summed E-state index contributed by atoms with van der Waals surface area (Å²) >= 11 is 0. The Labute approximate surface area is 167 Å². The van der Waals surface area contributed by atoms with E-state index in [2.05, 4.69) is 27.5 Å². The second kappa shape index (κ2) is 12.5. The van der Waals surface area contributed by atoms with E-state index in [0.717, 1.165) is 50.6 Å². The van der Waals surface area contributed by atoms with Crippen LogP contribution in [0.4, 0.5) is 0 Å². The lowest BCUT2D eigenvalue weighted by Gasteiger charge is -2.11. The molecule has 0 atom stereocenters. The van der Waals surface area contributed by atoms with E-state index >= 15 is 0 Å². The minimum atomic E-state index is 0. The summed E-state index contributed by atoms with van der Waals surface area (Å²) < 4.78 is 0. The topological polar surface area (TPSA) is 69.5 Å². The van der Waals surface area contributed by atoms with Gasteiger partial charge >= 0.3 is 0 Å². The number of aliphatic imine (C=N–C) groups is 1. The fraction of sp³-hybridized carbons (Fsp3) is 0.368. The maximum Gasteiger partial charge on any atom is 0.191 e. The third-order valence-corrected chi connectivity index (χ3v) is 3.57. The summed E-state index contributed by atoms with van der Waals surface area (Å²) in [5, 5.41) is 15.9. The van der Waals surface area contributed by atoms with Crippen molar-refractivity contribution in [3.05, 3.63) is 59.9 Å². The highest BCUT2D eigenvalue weighted by atomic mass is 127. The van der Waals surface area contributed by atoms with Crippen molar-refractivity contribution in [1.29, 1.82) is 0 Å². The van der Waals surface area contributed by atoms with Crippen LogP contribution in [-0.4, -0.2) is 35.7 Å². The van der Waals surface area contributed by atoms with Crippen molar-refractivity contribution >= 4 is 29.9 Å². The number of hydrogen-bond donors (Lipinski definition) is 3. The minimum absolute atomic E-state index is 0. The number of aromatic nitrogens is 1. The second-order valence-corrected chi connectivity index (χ2v) is 5.53. The van der Waals surface area contributed by atoms with Crippen LogP contribution in [0.3, 0.4) is 0 Å². The van der Waals surface area contributed by atoms with E-state index < -0.39 is 0 Å². The number of aryl methyl sites for hydroxylation is 1. The molecular weight excluding hydrogens is 427 g/mol. The molecule has 136 valence electrons. The Morgan fingerprint density at radius 3 is 2.56 bits per heavy atom. The smallest absolute Gasteiger partial charge is 0.191 e. The number of aromatic hydroxyl groups is 1. The van der Waals surface area contributed by atoms with Gasteiger partial charge in [0.25, 0.3) is 0 Å². The standard InChI is InChI=1S/C19H26N4O.HI/c1-2-20-19(23-15-12-17-7-3-4-13-21-17)22-14-5-6-16-8-10-18(24)11-9-16;/h3-4,7-11,13,24H,2,5-6,12,14-15H2,1H3,(H2,20,22,23);1H. The molecule has 6 heteroatoms. The average Bonchev–Trinajstić information content (AvgIpc) is 2.61. The molecule has 0 bridgehead atoms. The molecule has 0 saturated heterocycles. The first-order valence-electron chi connectivity index (χ1n) is 8.48. The van der Waals surface area contributed by atoms with Crippen LogP contribution >= 0.6 is 24.0 Å². The molecule has 1 aromatic carbocycles. The number of rotatable bonds is 8. The molecule has 0 amide bonds. The Kier molecular flexibility index (Phi) is 10.6. The first-order chi connectivity index (χ1) is 11.8. The molecule has 0 unspecified atom stereocenters. The summed E-state index contributed by atoms with van der Waals surface area (Å²) in [7, 11) is 0. The van der Waals surface area contributed by atoms with Crippen LogP contribution in [-0.2, 0) is 12.8 Å². The third kappa shape index (κ3) is 8.72. The van der Waals surface area contributed by atoms with Gasteiger partial charge in [-0.15, -0.1) is 24.0 Å². The number of halogens is 1. The van der Waals surface area contributed by atoms with Crippen molar-refractivity contribution in [2.45, 2.75) is 26.2 Å². The Bertz CT molecular complexity index is 617. The number of hydrogen-bond acceptors (Lipinski definition) is 3. The molecule has 0 aliphatic rings. The molecule has 1 heterocycles. The molecule has 1 aromatic heterocycles. The Morgan fingerprint density at radius 2 is 1.88 bits per heavy atom. The van der Waals surface area contributed by atoms with E-state index in [1.165, 1.54) is 5.56 Å². The normalized spacial score (nSPS) is 10.8. The summed E-state index contributed by atoms with van der Waals surface area (Å²) in [5.74, 6) is 1.16. The van der Waals surface area contributed by atoms with E-state index in [1.54, 1.807) is 12.1 Å². The molecule has 0 radical (unpaired) electrons. The average molecular weight is 454 g/mol. The number of phenolic OH excluding ortho intramolecular Hbond substituents is 1. The summed E-state index contributed by atoms with van der Waals surface area (Å²) in [6.07, 6.45) is 4.62. The summed E-state index contributed by atoms with van der Waals surface area (Å²) in [6, 6.07) is 13.3. The van der Waals surface area contributed by atoms with Gasteiger partial charge < -0.3 is 15.7 Å². The van der Waals surface area contributed by atoms with Crippen molar-refractivity contribution in [3.8, 4) is 5.75 Å². The largest absolute Gasteiger partial charge is 0.508 e. The zero-order valence-electron chi connectivity index (χ0n) is 14.6. The summed E-state index contributed by atoms with van der Waals surface area (Å²) in [6.45, 7) is 4.47. The Balaban J connectivity index is 0.00000312. The van der Waals surface area contributed by atoms with Gasteiger partial charge in [0.05, 0.1) is 0 Å². The highest BCUT2D eigenvalue weighted by Gasteiger charge is 1.99. The fourth-order valence-electron chi connectivity index (χ4n) is 2.33. The highest BCUT2D eigenvalue weighted by molar-refractivity contribution is 14.0. The first kappa shape index (κ1) is 21.2. The Morgan fingerprint density at radius 1 is 1.08 bits per heavy atom. The van der Waals surface area contributed by atoms with Crippen LogP contribution in [0, 0.1) is 0 Å². The van der Waals surface area contributed by atoms with Gasteiger partial charge in [-0.1, -0.05) is 18.2 Å². The SMILES string of the molecule is CCNC(=NCCCc1ccc(O)cc1)NCCc1ccccn1.I. The van der Waals surface area contributed by atoms with E-state index in [0.29, 0.717) is 5.75 Å². The zero-order chi connectivity index (χ0) is 17.0. The van der Waals surface area contributed by atoms with Crippen LogP contribution < -0.4 is 10.6 Å². The molecule has 0 aliphatic carbocycles. The monoisotopic (exact) mass is 454 g/mol. The van der Waals surface area contributed by atoms with Crippen molar-refractivity contribution in [3.63, 3.8) is 0 Å². The van der Waals surface area contributed by atoms with Gasteiger partial charge in [0.2, 0.25) is 0 Å². The van der Waals surface area contributed by atoms with Crippen molar-refractivity contribution in [2.24, 2.45) is 4.99 Å². The molecule has 25 heavy (non-hydrogen) atoms. The lowest BCUT2D eigenvalue weighted by molar-refractivity contribution is 0.475. The number of phenols is 1. The van der Waals surface area contributed by atoms with Crippen molar-refractivity contribution in [1.82, 2.24) is 15.6 Å². The lowest BCUT2D eigenvalue weighted by Crippen LogP contribution is -2.38. The van der Waals surface area contributed by atoms with Crippen LogP contribution in [0.15, 0.2) is 53.7 Å². The minimum Gasteiger partial charge on any atom is -0.508 e. The number of guanidine groups is 1. The molecule has 0 spiro atoms. The van der Waals surface area contributed by atoms with Gasteiger partial charge in [-0.25, -0.2) is 0 Å². The Hall–Kier alpha value is -1.83. The van der Waals surface area contributed by atoms with Gasteiger partial charge in [-0.2, -0.15) is 0 Å². The van der Waals surface area contributed by atoms with Gasteiger partial charge in [0.15, 0.2) is 5.96 Å². The molecule has 0 saturated carbocycles. The van der Waals surface area contributed by atoms with Crippen LogP contribution in [0.25, 0.3) is 0 Å². The second-order valence-electron chi connectivity index (χ2n) is 5.53. The predicted molar refractivity (Wildman–Crippen MR) is 114 cm³/mol. The first-order valence-corrected chi connectivity index (χ1v) is 8.48. The van der Waals surface area contributed by atoms with Gasteiger partial charge in [0.1, 0.15) is 5.75 Å². The number of nitrogens with zero attached hydrogens (tertiary/aromatic N) is 2. The number of pyridine rings is 1. The zero-order valence-corrected chi connectivity index (χ0v) is 16.9. The molecule has 0 fully saturated rings. The number of nitrogens with one attached hydrogen (secondary N) is 2. The van der Waals surface area contributed by atoms with Crippen molar-refractivity contribution in [2.75, 3.05) is 19.6 Å². The quantitative estimate of drug-likeness (QED) is 0.248. The van der Waals surface area contributed by atoms with Crippen molar-refractivity contribution < 1.29 is 5.11 Å². The molecular formula is C19H27IN4O. The van der Waals surface area contributed by atoms with Crippen LogP contribution in [0.1, 0.15) is 24.6 Å². The van der Waals surface area contributed by atoms with Crippen LogP contribution in [0.5, 0.6) is 5.75 Å². The molecule has 2 rings (SSSR count). The number of benzene rings is 1. The molecule has 5 nitrogen and oxygen atoms in total. The third-order valence-electron chi connectivity index (χ3n) is 3.57. The van der Waals surface area contributed by atoms with Gasteiger partial charge in [-0.05, 0) is 49.6 Å². The summed E-state index contributed by atoms with van der Waals surface area (Å²) in [5.41, 5.74) is 2.30.